The van der Waals surface area contributed by atoms with Crippen molar-refractivity contribution in [3.05, 3.63) is 0 Å². The van der Waals surface area contributed by atoms with Crippen molar-refractivity contribution in [1.29, 1.82) is 0 Å². The average molecular weight is 233 g/mol. The minimum atomic E-state index is -0.948. The van der Waals surface area contributed by atoms with E-state index in [2.05, 4.69) is 16.2 Å². The monoisotopic (exact) mass is 233 g/mol. The largest absolute Gasteiger partial charge is 0.443 e. The normalized spacial score (nSPS) is 26.2. The number of carbonyl (C=O) groups excluding carboxylic acids is 1. The van der Waals surface area contributed by atoms with Gasteiger partial charge in [-0.15, -0.1) is 0 Å². The molecule has 0 unspecified atom stereocenters. The standard InChI is InChI=1S/C10H20FN3O2/c1-10(2,3)16-9(15)14-13-8-6-12-5-4-7(8)11/h7-8,12-13H,4-6H2,1-3H3,(H,14,15)/t7-,8-/m1/s1. The topological polar surface area (TPSA) is 62.4 Å². The third-order valence-corrected chi connectivity index (χ3v) is 2.16. The van der Waals surface area contributed by atoms with E-state index in [1.807, 2.05) is 0 Å². The molecule has 1 fully saturated rings. The molecule has 1 rings (SSSR count). The van der Waals surface area contributed by atoms with Crippen LogP contribution in [0.4, 0.5) is 9.18 Å². The zero-order valence-electron chi connectivity index (χ0n) is 9.97. The lowest BCUT2D eigenvalue weighted by Crippen LogP contribution is -2.56. The second-order valence-electron chi connectivity index (χ2n) is 4.89. The van der Waals surface area contributed by atoms with Gasteiger partial charge in [0.2, 0.25) is 0 Å². The fourth-order valence-corrected chi connectivity index (χ4v) is 1.42. The molecule has 1 aliphatic heterocycles. The number of hydrogen-bond donors (Lipinski definition) is 3. The Morgan fingerprint density at radius 1 is 1.50 bits per heavy atom. The molecule has 3 N–H and O–H groups in total. The van der Waals surface area contributed by atoms with Crippen molar-refractivity contribution in [3.8, 4) is 0 Å². The summed E-state index contributed by atoms with van der Waals surface area (Å²) < 4.78 is 18.4. The van der Waals surface area contributed by atoms with Crippen molar-refractivity contribution in [2.24, 2.45) is 0 Å². The number of carbonyl (C=O) groups is 1. The van der Waals surface area contributed by atoms with Crippen LogP contribution in [0.3, 0.4) is 0 Å². The lowest BCUT2D eigenvalue weighted by Gasteiger charge is -2.28. The highest BCUT2D eigenvalue weighted by Gasteiger charge is 2.25. The van der Waals surface area contributed by atoms with E-state index < -0.39 is 23.9 Å². The van der Waals surface area contributed by atoms with Gasteiger partial charge in [0.25, 0.3) is 0 Å². The summed E-state index contributed by atoms with van der Waals surface area (Å²) in [6, 6.07) is -0.402. The molecule has 6 heteroatoms. The molecule has 0 saturated carbocycles. The van der Waals surface area contributed by atoms with Gasteiger partial charge in [0.05, 0.1) is 6.04 Å². The number of rotatable bonds is 2. The van der Waals surface area contributed by atoms with Gasteiger partial charge >= 0.3 is 6.09 Å². The molecule has 1 amide bonds. The van der Waals surface area contributed by atoms with Crippen molar-refractivity contribution in [2.75, 3.05) is 13.1 Å². The molecule has 5 nitrogen and oxygen atoms in total. The van der Waals surface area contributed by atoms with Crippen molar-refractivity contribution >= 4 is 6.09 Å². The summed E-state index contributed by atoms with van der Waals surface area (Å²) in [5.41, 5.74) is 4.43. The van der Waals surface area contributed by atoms with Crippen LogP contribution >= 0.6 is 0 Å². The molecular weight excluding hydrogens is 213 g/mol. The first-order chi connectivity index (χ1) is 7.38. The predicted octanol–water partition coefficient (Wildman–Crippen LogP) is 0.716. The number of hydrogen-bond acceptors (Lipinski definition) is 4. The van der Waals surface area contributed by atoms with E-state index in [-0.39, 0.29) is 0 Å². The van der Waals surface area contributed by atoms with Gasteiger partial charge in [-0.3, -0.25) is 5.43 Å². The molecular formula is C10H20FN3O2. The summed E-state index contributed by atoms with van der Waals surface area (Å²) >= 11 is 0. The Balaban J connectivity index is 2.25. The van der Waals surface area contributed by atoms with Gasteiger partial charge < -0.3 is 10.1 Å². The van der Waals surface area contributed by atoms with Crippen LogP contribution in [0.25, 0.3) is 0 Å². The molecule has 1 heterocycles. The highest BCUT2D eigenvalue weighted by molar-refractivity contribution is 5.67. The Labute approximate surface area is 95.1 Å². The van der Waals surface area contributed by atoms with Gasteiger partial charge in [-0.2, -0.15) is 0 Å². The third kappa shape index (κ3) is 4.76. The molecule has 16 heavy (non-hydrogen) atoms. The summed E-state index contributed by atoms with van der Waals surface area (Å²) in [6.45, 7) is 6.48. The van der Waals surface area contributed by atoms with E-state index >= 15 is 0 Å². The highest BCUT2D eigenvalue weighted by Crippen LogP contribution is 2.08. The maximum absolute atomic E-state index is 13.3. The van der Waals surface area contributed by atoms with Gasteiger partial charge in [-0.05, 0) is 33.7 Å². The number of alkyl halides is 1. The maximum atomic E-state index is 13.3. The first-order valence-electron chi connectivity index (χ1n) is 5.48. The molecule has 1 saturated heterocycles. The molecule has 2 atom stereocenters. The Hall–Kier alpha value is -0.880. The zero-order chi connectivity index (χ0) is 12.2. The van der Waals surface area contributed by atoms with Crippen LogP contribution in [0.2, 0.25) is 0 Å². The van der Waals surface area contributed by atoms with Crippen LogP contribution in [0.1, 0.15) is 27.2 Å². The summed E-state index contributed by atoms with van der Waals surface area (Å²) in [5.74, 6) is 0. The summed E-state index contributed by atoms with van der Waals surface area (Å²) in [4.78, 5) is 11.3. The number of amides is 1. The minimum absolute atomic E-state index is 0.402. The Kier molecular flexibility index (Phi) is 4.49. The zero-order valence-corrected chi connectivity index (χ0v) is 9.97. The quantitative estimate of drug-likeness (QED) is 0.615. The Morgan fingerprint density at radius 3 is 2.75 bits per heavy atom. The van der Waals surface area contributed by atoms with Gasteiger partial charge in [0.15, 0.2) is 0 Å². The fourth-order valence-electron chi connectivity index (χ4n) is 1.42. The van der Waals surface area contributed by atoms with Crippen molar-refractivity contribution < 1.29 is 13.9 Å². The third-order valence-electron chi connectivity index (χ3n) is 2.16. The summed E-state index contributed by atoms with van der Waals surface area (Å²) in [6.07, 6.45) is -1.09. The first kappa shape index (κ1) is 13.2. The summed E-state index contributed by atoms with van der Waals surface area (Å²) in [5, 5.41) is 3.04. The SMILES string of the molecule is CC(C)(C)OC(=O)NN[C@@H]1CNCC[C@H]1F. The van der Waals surface area contributed by atoms with Crippen LogP contribution in [0, 0.1) is 0 Å². The molecule has 0 aromatic heterocycles. The van der Waals surface area contributed by atoms with Crippen molar-refractivity contribution in [2.45, 2.75) is 45.0 Å². The van der Waals surface area contributed by atoms with E-state index in [1.54, 1.807) is 20.8 Å². The Bertz CT molecular complexity index is 243. The van der Waals surface area contributed by atoms with Crippen LogP contribution in [0.15, 0.2) is 0 Å². The molecule has 0 aliphatic carbocycles. The number of halogens is 1. The van der Waals surface area contributed by atoms with E-state index in [0.717, 1.165) is 0 Å². The van der Waals surface area contributed by atoms with Gasteiger partial charge in [-0.25, -0.2) is 14.6 Å². The minimum Gasteiger partial charge on any atom is -0.443 e. The van der Waals surface area contributed by atoms with Crippen LogP contribution in [-0.4, -0.2) is 37.0 Å². The average Bonchev–Trinajstić information content (AvgIpc) is 2.14. The smallest absolute Gasteiger partial charge is 0.422 e. The van der Waals surface area contributed by atoms with Crippen LogP contribution in [0.5, 0.6) is 0 Å². The van der Waals surface area contributed by atoms with Crippen molar-refractivity contribution in [1.82, 2.24) is 16.2 Å². The van der Waals surface area contributed by atoms with Gasteiger partial charge in [0.1, 0.15) is 11.8 Å². The van der Waals surface area contributed by atoms with Gasteiger partial charge in [0, 0.05) is 6.54 Å². The fraction of sp³-hybridized carbons (Fsp3) is 0.900. The molecule has 1 aliphatic rings. The second kappa shape index (κ2) is 5.45. The lowest BCUT2D eigenvalue weighted by molar-refractivity contribution is 0.0468. The van der Waals surface area contributed by atoms with E-state index in [9.17, 15) is 9.18 Å². The number of nitrogens with one attached hydrogen (secondary N) is 3. The van der Waals surface area contributed by atoms with Crippen LogP contribution in [-0.2, 0) is 4.74 Å². The van der Waals surface area contributed by atoms with E-state index in [1.165, 1.54) is 0 Å². The maximum Gasteiger partial charge on any atom is 0.422 e. The molecule has 94 valence electrons. The van der Waals surface area contributed by atoms with E-state index in [0.29, 0.717) is 19.5 Å². The van der Waals surface area contributed by atoms with Crippen LogP contribution < -0.4 is 16.2 Å². The Morgan fingerprint density at radius 2 is 2.19 bits per heavy atom. The number of piperidine rings is 1. The summed E-state index contributed by atoms with van der Waals surface area (Å²) in [7, 11) is 0. The molecule has 0 aromatic carbocycles. The molecule has 0 radical (unpaired) electrons. The highest BCUT2D eigenvalue weighted by atomic mass is 19.1. The predicted molar refractivity (Wildman–Crippen MR) is 58.7 cm³/mol. The van der Waals surface area contributed by atoms with Gasteiger partial charge in [-0.1, -0.05) is 0 Å². The lowest BCUT2D eigenvalue weighted by atomic mass is 10.1. The molecule has 0 bridgehead atoms. The second-order valence-corrected chi connectivity index (χ2v) is 4.89. The molecule has 0 spiro atoms. The van der Waals surface area contributed by atoms with E-state index in [4.69, 9.17) is 4.74 Å². The molecule has 0 aromatic rings. The number of hydrazine groups is 1. The first-order valence-corrected chi connectivity index (χ1v) is 5.48. The number of ether oxygens (including phenoxy) is 1. The van der Waals surface area contributed by atoms with Crippen molar-refractivity contribution in [3.63, 3.8) is 0 Å².